The lowest BCUT2D eigenvalue weighted by molar-refractivity contribution is 0.813. The van der Waals surface area contributed by atoms with Crippen molar-refractivity contribution in [1.29, 1.82) is 10.5 Å². The Balaban J connectivity index is 2.17. The molecule has 0 unspecified atom stereocenters. The van der Waals surface area contributed by atoms with Crippen molar-refractivity contribution in [3.63, 3.8) is 0 Å². The molecule has 0 radical (unpaired) electrons. The number of benzene rings is 2. The van der Waals surface area contributed by atoms with E-state index in [1.165, 1.54) is 0 Å². The first-order chi connectivity index (χ1) is 11.1. The van der Waals surface area contributed by atoms with E-state index in [1.807, 2.05) is 54.6 Å². The van der Waals surface area contributed by atoms with Crippen molar-refractivity contribution in [2.75, 3.05) is 0 Å². The van der Waals surface area contributed by atoms with Gasteiger partial charge in [0.25, 0.3) is 0 Å². The Morgan fingerprint density at radius 1 is 1.09 bits per heavy atom. The molecule has 6 heteroatoms. The quantitative estimate of drug-likeness (QED) is 0.808. The first-order valence-corrected chi connectivity index (χ1v) is 7.88. The molecule has 0 atom stereocenters. The first-order valence-electron chi connectivity index (χ1n) is 6.69. The van der Waals surface area contributed by atoms with Crippen LogP contribution in [0.25, 0.3) is 0 Å². The number of nitrogens with zero attached hydrogens (tertiary/aromatic N) is 2. The molecule has 2 rings (SSSR count). The third kappa shape index (κ3) is 4.69. The van der Waals surface area contributed by atoms with E-state index in [-0.39, 0.29) is 11.4 Å². The minimum absolute atomic E-state index is 0.0822. The molecule has 114 valence electrons. The molecule has 0 amide bonds. The van der Waals surface area contributed by atoms with Crippen LogP contribution in [0.1, 0.15) is 5.56 Å². The van der Waals surface area contributed by atoms with E-state index in [9.17, 15) is 0 Å². The summed E-state index contributed by atoms with van der Waals surface area (Å²) in [6, 6.07) is 19.1. The lowest BCUT2D eigenvalue weighted by Crippen LogP contribution is -2.16. The van der Waals surface area contributed by atoms with Crippen LogP contribution in [-0.4, -0.2) is 0 Å². The molecule has 0 bridgehead atoms. The highest BCUT2D eigenvalue weighted by Crippen LogP contribution is 2.31. The van der Waals surface area contributed by atoms with Gasteiger partial charge in [-0.1, -0.05) is 41.6 Å². The Kier molecular flexibility index (Phi) is 5.94. The van der Waals surface area contributed by atoms with Crippen molar-refractivity contribution in [2.45, 2.75) is 16.3 Å². The van der Waals surface area contributed by atoms with Crippen LogP contribution >= 0.6 is 23.4 Å². The molecule has 0 fully saturated rings. The number of rotatable bonds is 5. The number of nitrogens with two attached hydrogens (primary N) is 1. The zero-order valence-corrected chi connectivity index (χ0v) is 13.7. The van der Waals surface area contributed by atoms with Crippen LogP contribution in [0.4, 0.5) is 0 Å². The second kappa shape index (κ2) is 8.14. The van der Waals surface area contributed by atoms with Crippen LogP contribution < -0.4 is 11.1 Å². The molecular formula is C17H13ClN4S. The topological polar surface area (TPSA) is 85.6 Å². The highest BCUT2D eigenvalue weighted by molar-refractivity contribution is 7.99. The summed E-state index contributed by atoms with van der Waals surface area (Å²) < 4.78 is 0. The fraction of sp³-hybridized carbons (Fsp3) is 0.0588. The first kappa shape index (κ1) is 16.8. The molecule has 0 saturated heterocycles. The largest absolute Gasteiger partial charge is 0.388 e. The van der Waals surface area contributed by atoms with Crippen molar-refractivity contribution in [3.8, 4) is 12.1 Å². The minimum Gasteiger partial charge on any atom is -0.388 e. The molecule has 0 spiro atoms. The predicted octanol–water partition coefficient (Wildman–Crippen LogP) is 3.80. The van der Waals surface area contributed by atoms with Crippen LogP contribution in [0.5, 0.6) is 0 Å². The van der Waals surface area contributed by atoms with E-state index >= 15 is 0 Å². The van der Waals surface area contributed by atoms with E-state index in [0.29, 0.717) is 11.6 Å². The number of hydrogen-bond donors (Lipinski definition) is 2. The number of allylic oxidation sites excluding steroid dienone is 2. The van der Waals surface area contributed by atoms with Gasteiger partial charge in [0.1, 0.15) is 23.5 Å². The maximum atomic E-state index is 9.02. The summed E-state index contributed by atoms with van der Waals surface area (Å²) in [6.07, 6.45) is 0. The zero-order chi connectivity index (χ0) is 16.7. The second-order valence-corrected chi connectivity index (χ2v) is 6.08. The van der Waals surface area contributed by atoms with Gasteiger partial charge in [0, 0.05) is 21.4 Å². The maximum Gasteiger partial charge on any atom is 0.148 e. The van der Waals surface area contributed by atoms with Crippen LogP contribution in [0.3, 0.4) is 0 Å². The smallest absolute Gasteiger partial charge is 0.148 e. The Bertz CT molecular complexity index is 801. The Morgan fingerprint density at radius 3 is 2.43 bits per heavy atom. The Morgan fingerprint density at radius 2 is 1.78 bits per heavy atom. The van der Waals surface area contributed by atoms with E-state index in [1.54, 1.807) is 17.8 Å². The van der Waals surface area contributed by atoms with Crippen molar-refractivity contribution in [3.05, 3.63) is 70.5 Å². The van der Waals surface area contributed by atoms with Gasteiger partial charge in [-0.25, -0.2) is 0 Å². The molecule has 0 saturated carbocycles. The van der Waals surface area contributed by atoms with Gasteiger partial charge in [0.15, 0.2) is 0 Å². The molecule has 3 N–H and O–H groups in total. The number of nitriles is 2. The number of hydrogen-bond acceptors (Lipinski definition) is 5. The molecule has 0 aliphatic heterocycles. The highest BCUT2D eigenvalue weighted by Gasteiger charge is 2.07. The molecule has 4 nitrogen and oxygen atoms in total. The Hall–Kier alpha value is -2.60. The lowest BCUT2D eigenvalue weighted by atomic mass is 10.2. The number of nitrogens with one attached hydrogen (secondary N) is 1. The molecule has 23 heavy (non-hydrogen) atoms. The van der Waals surface area contributed by atoms with E-state index in [0.717, 1.165) is 15.4 Å². The molecule has 0 heterocycles. The summed E-state index contributed by atoms with van der Waals surface area (Å²) in [5, 5.41) is 21.4. The monoisotopic (exact) mass is 340 g/mol. The van der Waals surface area contributed by atoms with Gasteiger partial charge < -0.3 is 11.1 Å². The normalized spacial score (nSPS) is 11.1. The van der Waals surface area contributed by atoms with Gasteiger partial charge in [0.05, 0.1) is 0 Å². The molecule has 2 aromatic carbocycles. The van der Waals surface area contributed by atoms with Gasteiger partial charge in [-0.05, 0) is 35.9 Å². The average molecular weight is 341 g/mol. The van der Waals surface area contributed by atoms with Crippen LogP contribution in [0, 0.1) is 22.7 Å². The minimum atomic E-state index is -0.115. The standard InChI is InChI=1S/C17H13ClN4S/c18-13-5-7-14(8-6-13)23-17-4-2-1-3-12(17)11-22-16(10-20)15(21)9-19/h1-8,22H,11,21H2/b16-15-. The lowest BCUT2D eigenvalue weighted by Gasteiger charge is -2.11. The summed E-state index contributed by atoms with van der Waals surface area (Å²) in [4.78, 5) is 2.12. The third-order valence-corrected chi connectivity index (χ3v) is 4.35. The summed E-state index contributed by atoms with van der Waals surface area (Å²) >= 11 is 7.50. The van der Waals surface area contributed by atoms with Crippen molar-refractivity contribution in [2.24, 2.45) is 5.73 Å². The van der Waals surface area contributed by atoms with Crippen molar-refractivity contribution < 1.29 is 0 Å². The van der Waals surface area contributed by atoms with E-state index < -0.39 is 0 Å². The predicted molar refractivity (Wildman–Crippen MR) is 91.3 cm³/mol. The maximum absolute atomic E-state index is 9.02. The van der Waals surface area contributed by atoms with Gasteiger partial charge in [-0.2, -0.15) is 10.5 Å². The fourth-order valence-corrected chi connectivity index (χ4v) is 2.88. The highest BCUT2D eigenvalue weighted by atomic mass is 35.5. The molecular weight excluding hydrogens is 328 g/mol. The molecule has 0 aliphatic rings. The van der Waals surface area contributed by atoms with Crippen LogP contribution in [0.2, 0.25) is 5.02 Å². The molecule has 2 aromatic rings. The molecule has 0 aliphatic carbocycles. The van der Waals surface area contributed by atoms with Crippen molar-refractivity contribution in [1.82, 2.24) is 5.32 Å². The average Bonchev–Trinajstić information content (AvgIpc) is 2.58. The Labute approximate surface area is 144 Å². The number of halogens is 1. The molecule has 0 aromatic heterocycles. The fourth-order valence-electron chi connectivity index (χ4n) is 1.81. The van der Waals surface area contributed by atoms with Gasteiger partial charge >= 0.3 is 0 Å². The van der Waals surface area contributed by atoms with Crippen molar-refractivity contribution >= 4 is 23.4 Å². The van der Waals surface area contributed by atoms with Crippen LogP contribution in [-0.2, 0) is 6.54 Å². The third-order valence-electron chi connectivity index (χ3n) is 2.97. The van der Waals surface area contributed by atoms with Gasteiger partial charge in [0.2, 0.25) is 0 Å². The summed E-state index contributed by atoms with van der Waals surface area (Å²) in [5.41, 5.74) is 6.46. The summed E-state index contributed by atoms with van der Waals surface area (Å²) in [7, 11) is 0. The zero-order valence-electron chi connectivity index (χ0n) is 12.1. The summed E-state index contributed by atoms with van der Waals surface area (Å²) in [6.45, 7) is 0.405. The van der Waals surface area contributed by atoms with E-state index in [4.69, 9.17) is 27.9 Å². The second-order valence-electron chi connectivity index (χ2n) is 4.53. The summed E-state index contributed by atoms with van der Waals surface area (Å²) in [5.74, 6) is 0. The SMILES string of the molecule is N#C/C(N)=C(\C#N)NCc1ccccc1Sc1ccc(Cl)cc1. The van der Waals surface area contributed by atoms with Gasteiger partial charge in [-0.3, -0.25) is 0 Å². The van der Waals surface area contributed by atoms with Crippen LogP contribution in [0.15, 0.2) is 69.7 Å². The van der Waals surface area contributed by atoms with E-state index in [2.05, 4.69) is 5.32 Å². The van der Waals surface area contributed by atoms with Gasteiger partial charge in [-0.15, -0.1) is 0 Å².